The third-order valence-corrected chi connectivity index (χ3v) is 1.68. The van der Waals surface area contributed by atoms with Crippen LogP contribution in [0.15, 0.2) is 0 Å². The lowest BCUT2D eigenvalue weighted by Gasteiger charge is -2.14. The molecular weight excluding hydrogens is 311 g/mol. The molecule has 0 aromatic rings. The van der Waals surface area contributed by atoms with E-state index in [0.717, 1.165) is 0 Å². The van der Waals surface area contributed by atoms with Crippen molar-refractivity contribution in [3.05, 3.63) is 0 Å². The average molecular weight is 330 g/mol. The van der Waals surface area contributed by atoms with Gasteiger partial charge in [0.25, 0.3) is 0 Å². The van der Waals surface area contributed by atoms with Crippen molar-refractivity contribution in [2.75, 3.05) is 34.8 Å². The number of hydrogen-bond acceptors (Lipinski definition) is 5. The van der Waals surface area contributed by atoms with E-state index in [1.807, 2.05) is 0 Å². The molecule has 12 heteroatoms. The minimum absolute atomic E-state index is 0.219. The predicted molar refractivity (Wildman–Crippen MR) is 71.2 cm³/mol. The van der Waals surface area contributed by atoms with Crippen molar-refractivity contribution < 1.29 is 36.2 Å². The summed E-state index contributed by atoms with van der Waals surface area (Å²) in [5.41, 5.74) is 2.36. The second kappa shape index (κ2) is 10.7. The van der Waals surface area contributed by atoms with Gasteiger partial charge in [-0.2, -0.15) is 5.26 Å². The molecule has 0 radical (unpaired) electrons. The second-order valence-corrected chi connectivity index (χ2v) is 4.10. The second-order valence-electron chi connectivity index (χ2n) is 4.10. The summed E-state index contributed by atoms with van der Waals surface area (Å²) in [5.74, 6) is -0.660. The number of carbonyl (C=O) groups excluding carboxylic acids is 1. The summed E-state index contributed by atoms with van der Waals surface area (Å²) in [5, 5.41) is 8.78. The first-order valence-electron chi connectivity index (χ1n) is 6.01. The standard InChI is InChI=1S/C10H19N4O3.BF4/c1-6-16-9(15)8(7-11)12-17-10(13(2)3)14(4)5;2-1(3,4)5/h8,12H,6H2,1-5H3;/q+1;-1. The van der Waals surface area contributed by atoms with E-state index >= 15 is 0 Å². The maximum atomic E-state index is 11.3. The molecule has 0 aliphatic carbocycles. The highest BCUT2D eigenvalue weighted by Gasteiger charge is 2.23. The molecule has 0 rings (SSSR count). The highest BCUT2D eigenvalue weighted by Crippen LogP contribution is 2.06. The smallest absolute Gasteiger partial charge is 0.464 e. The van der Waals surface area contributed by atoms with Gasteiger partial charge in [-0.3, -0.25) is 0 Å². The summed E-state index contributed by atoms with van der Waals surface area (Å²) in [6.07, 6.45) is 0. The number of nitrogens with one attached hydrogen (secondary N) is 1. The number of halogens is 4. The van der Waals surface area contributed by atoms with E-state index in [2.05, 4.69) is 5.48 Å². The molecule has 0 aromatic carbocycles. The number of carbonyl (C=O) groups is 1. The Labute approximate surface area is 126 Å². The number of rotatable bonds is 4. The summed E-state index contributed by atoms with van der Waals surface area (Å²) in [4.78, 5) is 18.2. The van der Waals surface area contributed by atoms with Crippen molar-refractivity contribution in [1.29, 1.82) is 5.26 Å². The summed E-state index contributed by atoms with van der Waals surface area (Å²) in [6.45, 7) is 1.89. The van der Waals surface area contributed by atoms with E-state index in [1.54, 1.807) is 50.7 Å². The number of hydroxylamine groups is 1. The Morgan fingerprint density at radius 1 is 1.36 bits per heavy atom. The van der Waals surface area contributed by atoms with Crippen molar-refractivity contribution >= 4 is 19.2 Å². The molecule has 0 fully saturated rings. The number of amidine groups is 1. The van der Waals surface area contributed by atoms with Crippen LogP contribution in [-0.2, 0) is 14.4 Å². The molecule has 1 atom stereocenters. The first-order valence-corrected chi connectivity index (χ1v) is 6.01. The highest BCUT2D eigenvalue weighted by atomic mass is 19.5. The molecule has 0 heterocycles. The molecule has 0 saturated carbocycles. The topological polar surface area (TPSA) is 77.6 Å². The van der Waals surface area contributed by atoms with Crippen molar-refractivity contribution in [3.63, 3.8) is 0 Å². The third kappa shape index (κ3) is 13.0. The summed E-state index contributed by atoms with van der Waals surface area (Å²) < 4.78 is 45.4. The van der Waals surface area contributed by atoms with Crippen LogP contribution in [0.5, 0.6) is 0 Å². The lowest BCUT2D eigenvalue weighted by Crippen LogP contribution is -2.43. The van der Waals surface area contributed by atoms with Gasteiger partial charge in [-0.25, -0.2) is 14.3 Å². The van der Waals surface area contributed by atoms with Gasteiger partial charge in [-0.15, -0.1) is 5.48 Å². The number of ether oxygens (including phenoxy) is 1. The van der Waals surface area contributed by atoms with E-state index in [-0.39, 0.29) is 6.61 Å². The van der Waals surface area contributed by atoms with Crippen LogP contribution in [0.3, 0.4) is 0 Å². The molecule has 22 heavy (non-hydrogen) atoms. The molecule has 0 aliphatic heterocycles. The minimum Gasteiger partial charge on any atom is -0.464 e. The molecule has 1 unspecified atom stereocenters. The zero-order valence-electron chi connectivity index (χ0n) is 12.9. The number of esters is 1. The van der Waals surface area contributed by atoms with Crippen LogP contribution in [-0.4, -0.2) is 69.6 Å². The largest absolute Gasteiger partial charge is 0.673 e. The Hall–Kier alpha value is -2.03. The summed E-state index contributed by atoms with van der Waals surface area (Å²) in [6, 6.07) is 1.08. The van der Waals surface area contributed by atoms with Crippen molar-refractivity contribution in [2.24, 2.45) is 0 Å². The molecule has 0 spiro atoms. The van der Waals surface area contributed by atoms with Crippen LogP contribution in [0.1, 0.15) is 6.92 Å². The fraction of sp³-hybridized carbons (Fsp3) is 0.700. The Bertz CT molecular complexity index is 413. The summed E-state index contributed by atoms with van der Waals surface area (Å²) in [7, 11) is 1.12. The van der Waals surface area contributed by atoms with Gasteiger partial charge in [0.2, 0.25) is 6.04 Å². The van der Waals surface area contributed by atoms with Gasteiger partial charge in [0.15, 0.2) is 0 Å². The van der Waals surface area contributed by atoms with Gasteiger partial charge in [0.1, 0.15) is 0 Å². The van der Waals surface area contributed by atoms with E-state index in [1.165, 1.54) is 0 Å². The molecule has 0 aromatic heterocycles. The van der Waals surface area contributed by atoms with Crippen molar-refractivity contribution in [2.45, 2.75) is 13.0 Å². The number of nitrogens with zero attached hydrogens (tertiary/aromatic N) is 3. The Morgan fingerprint density at radius 3 is 2.09 bits per heavy atom. The van der Waals surface area contributed by atoms with Gasteiger partial charge < -0.3 is 26.8 Å². The van der Waals surface area contributed by atoms with Crippen LogP contribution < -0.4 is 5.48 Å². The molecule has 0 aliphatic rings. The fourth-order valence-electron chi connectivity index (χ4n) is 1.05. The fourth-order valence-corrected chi connectivity index (χ4v) is 1.05. The molecule has 0 amide bonds. The molecule has 1 N–H and O–H groups in total. The van der Waals surface area contributed by atoms with Crippen LogP contribution in [0.25, 0.3) is 0 Å². The molecule has 7 nitrogen and oxygen atoms in total. The minimum atomic E-state index is -6.00. The zero-order valence-corrected chi connectivity index (χ0v) is 12.9. The first kappa shape index (κ1) is 22.3. The maximum Gasteiger partial charge on any atom is 0.673 e. The average Bonchev–Trinajstić information content (AvgIpc) is 2.31. The van der Waals surface area contributed by atoms with E-state index in [9.17, 15) is 22.1 Å². The molecule has 128 valence electrons. The lowest BCUT2D eigenvalue weighted by atomic mass is 10.3. The Balaban J connectivity index is 0. The van der Waals surface area contributed by atoms with Gasteiger partial charge >= 0.3 is 19.2 Å². The monoisotopic (exact) mass is 330 g/mol. The van der Waals surface area contributed by atoms with E-state index in [4.69, 9.17) is 14.8 Å². The zero-order chi connectivity index (χ0) is 17.9. The SMILES string of the molecule is CCOC(=O)C(C#N)NOC(N(C)C)=[N+](C)C.F[B-](F)(F)F. The first-order chi connectivity index (χ1) is 9.93. The summed E-state index contributed by atoms with van der Waals surface area (Å²) >= 11 is 0. The quantitative estimate of drug-likeness (QED) is 0.153. The van der Waals surface area contributed by atoms with Gasteiger partial charge in [0, 0.05) is 0 Å². The van der Waals surface area contributed by atoms with Gasteiger partial charge in [0.05, 0.1) is 40.9 Å². The van der Waals surface area contributed by atoms with Crippen LogP contribution in [0, 0.1) is 11.3 Å². The molecule has 0 saturated heterocycles. The Morgan fingerprint density at radius 2 is 1.82 bits per heavy atom. The normalized spacial score (nSPS) is 11.3. The molecular formula is C10H19BF4N4O3. The Kier molecular flexibility index (Phi) is 10.8. The van der Waals surface area contributed by atoms with Gasteiger partial charge in [-0.1, -0.05) is 0 Å². The van der Waals surface area contributed by atoms with Crippen LogP contribution >= 0.6 is 0 Å². The lowest BCUT2D eigenvalue weighted by molar-refractivity contribution is -0.482. The van der Waals surface area contributed by atoms with Gasteiger partial charge in [-0.05, 0) is 6.92 Å². The predicted octanol–water partition coefficient (Wildman–Crippen LogP) is 0.453. The number of hydrogen-bond donors (Lipinski definition) is 1. The highest BCUT2D eigenvalue weighted by molar-refractivity contribution is 6.50. The third-order valence-electron chi connectivity index (χ3n) is 1.68. The van der Waals surface area contributed by atoms with Crippen LogP contribution in [0.2, 0.25) is 0 Å². The van der Waals surface area contributed by atoms with Crippen molar-refractivity contribution in [1.82, 2.24) is 10.4 Å². The van der Waals surface area contributed by atoms with E-state index in [0.29, 0.717) is 6.02 Å². The number of nitriles is 1. The maximum absolute atomic E-state index is 11.3. The van der Waals surface area contributed by atoms with Crippen molar-refractivity contribution in [3.8, 4) is 6.07 Å². The molecule has 0 bridgehead atoms. The van der Waals surface area contributed by atoms with Crippen LogP contribution in [0.4, 0.5) is 17.3 Å². The van der Waals surface area contributed by atoms with E-state index < -0.39 is 19.3 Å².